The minimum absolute atomic E-state index is 0.187. The molecular weight excluding hydrogens is 484 g/mol. The topological polar surface area (TPSA) is 138 Å². The van der Waals surface area contributed by atoms with Gasteiger partial charge in [-0.1, -0.05) is 18.2 Å². The SMILES string of the molecule is Cc1cn(C2C[C@H](F)[C@@H](COP(=O)(N[C@@H](C)C(=O)OC(C)C)Oc3ccccc3)O2)c(=O)[nH]c1=O. The zero-order valence-electron chi connectivity index (χ0n) is 19.8. The van der Waals surface area contributed by atoms with E-state index in [0.717, 1.165) is 4.57 Å². The van der Waals surface area contributed by atoms with Gasteiger partial charge >= 0.3 is 19.4 Å². The monoisotopic (exact) mass is 513 g/mol. The Labute approximate surface area is 201 Å². The number of H-pyrrole nitrogens is 1. The highest BCUT2D eigenvalue weighted by atomic mass is 31.2. The fourth-order valence-electron chi connectivity index (χ4n) is 3.32. The summed E-state index contributed by atoms with van der Waals surface area (Å²) in [4.78, 5) is 38.1. The Morgan fingerprint density at radius 2 is 1.97 bits per heavy atom. The quantitative estimate of drug-likeness (QED) is 0.363. The van der Waals surface area contributed by atoms with Gasteiger partial charge in [0.15, 0.2) is 0 Å². The third-order valence-electron chi connectivity index (χ3n) is 5.05. The van der Waals surface area contributed by atoms with Crippen molar-refractivity contribution in [3.63, 3.8) is 0 Å². The first-order valence-corrected chi connectivity index (χ1v) is 12.6. The molecule has 0 radical (unpaired) electrons. The molecule has 1 aromatic carbocycles. The van der Waals surface area contributed by atoms with Crippen molar-refractivity contribution in [2.24, 2.45) is 0 Å². The lowest BCUT2D eigenvalue weighted by Crippen LogP contribution is -2.37. The van der Waals surface area contributed by atoms with Crippen LogP contribution in [0.15, 0.2) is 46.1 Å². The molecule has 5 atom stereocenters. The highest BCUT2D eigenvalue weighted by Crippen LogP contribution is 2.46. The van der Waals surface area contributed by atoms with E-state index in [1.165, 1.54) is 20.0 Å². The first-order chi connectivity index (χ1) is 16.5. The molecule has 1 aliphatic heterocycles. The second-order valence-corrected chi connectivity index (χ2v) is 10.1. The number of aryl methyl sites for hydroxylation is 1. The van der Waals surface area contributed by atoms with Crippen LogP contribution in [0.1, 0.15) is 39.0 Å². The summed E-state index contributed by atoms with van der Waals surface area (Å²) in [6.45, 7) is 5.78. The van der Waals surface area contributed by atoms with Crippen LogP contribution in [0, 0.1) is 6.92 Å². The van der Waals surface area contributed by atoms with E-state index in [1.807, 2.05) is 0 Å². The van der Waals surface area contributed by atoms with Crippen LogP contribution in [0.3, 0.4) is 0 Å². The Morgan fingerprint density at radius 3 is 2.63 bits per heavy atom. The summed E-state index contributed by atoms with van der Waals surface area (Å²) in [5.74, 6) is -0.473. The summed E-state index contributed by atoms with van der Waals surface area (Å²) in [6, 6.07) is 7.06. The molecule has 13 heteroatoms. The maximum absolute atomic E-state index is 14.8. The first-order valence-electron chi connectivity index (χ1n) is 11.1. The Morgan fingerprint density at radius 1 is 1.29 bits per heavy atom. The molecule has 192 valence electrons. The van der Waals surface area contributed by atoms with Crippen molar-refractivity contribution in [3.05, 3.63) is 62.9 Å². The Kier molecular flexibility index (Phi) is 8.65. The number of hydrogen-bond donors (Lipinski definition) is 2. The van der Waals surface area contributed by atoms with Crippen LogP contribution < -0.4 is 20.9 Å². The molecule has 1 aliphatic rings. The lowest BCUT2D eigenvalue weighted by molar-refractivity contribution is -0.149. The van der Waals surface area contributed by atoms with Gasteiger partial charge in [-0.3, -0.25) is 23.7 Å². The number of alkyl halides is 1. The predicted octanol–water partition coefficient (Wildman–Crippen LogP) is 2.60. The number of carbonyl (C=O) groups is 1. The van der Waals surface area contributed by atoms with Crippen molar-refractivity contribution in [3.8, 4) is 5.75 Å². The van der Waals surface area contributed by atoms with Crippen molar-refractivity contribution < 1.29 is 32.3 Å². The number of nitrogens with one attached hydrogen (secondary N) is 2. The van der Waals surface area contributed by atoms with Gasteiger partial charge in [-0.25, -0.2) is 13.8 Å². The highest BCUT2D eigenvalue weighted by Gasteiger charge is 2.40. The third kappa shape index (κ3) is 7.11. The minimum Gasteiger partial charge on any atom is -0.462 e. The number of aromatic nitrogens is 2. The van der Waals surface area contributed by atoms with Gasteiger partial charge in [0, 0.05) is 18.2 Å². The molecule has 2 heterocycles. The van der Waals surface area contributed by atoms with Gasteiger partial charge in [0.25, 0.3) is 5.56 Å². The number of hydrogen-bond acceptors (Lipinski definition) is 8. The standard InChI is InChI=1S/C22H29FN3O8P/c1-13(2)32-21(28)15(4)25-35(30,34-16-8-6-5-7-9-16)31-12-18-17(23)10-19(33-18)26-11-14(3)20(27)24-22(26)29/h5-9,11,13,15,17-19H,10,12H2,1-4H3,(H,25,30)(H,24,27,29)/t15-,17-,18+,19?,35?/m0/s1. The number of esters is 1. The molecule has 3 rings (SSSR count). The second kappa shape index (κ2) is 11.3. The molecule has 0 spiro atoms. The maximum atomic E-state index is 14.8. The van der Waals surface area contributed by atoms with Crippen LogP contribution in [0.2, 0.25) is 0 Å². The van der Waals surface area contributed by atoms with Crippen molar-refractivity contribution in [2.75, 3.05) is 6.61 Å². The Hall–Kier alpha value is -2.79. The molecule has 0 amide bonds. The first kappa shape index (κ1) is 26.8. The summed E-state index contributed by atoms with van der Waals surface area (Å²) < 4.78 is 51.1. The number of carbonyl (C=O) groups excluding carboxylic acids is 1. The van der Waals surface area contributed by atoms with E-state index >= 15 is 0 Å². The van der Waals surface area contributed by atoms with E-state index < -0.39 is 62.2 Å². The average molecular weight is 513 g/mol. The Bertz CT molecular complexity index is 1190. The summed E-state index contributed by atoms with van der Waals surface area (Å²) in [7, 11) is -4.20. The molecule has 2 unspecified atom stereocenters. The van der Waals surface area contributed by atoms with Crippen molar-refractivity contribution in [1.82, 2.24) is 14.6 Å². The smallest absolute Gasteiger partial charge is 0.459 e. The van der Waals surface area contributed by atoms with Crippen molar-refractivity contribution >= 4 is 13.7 Å². The van der Waals surface area contributed by atoms with Crippen molar-refractivity contribution in [1.29, 1.82) is 0 Å². The van der Waals surface area contributed by atoms with E-state index in [9.17, 15) is 23.3 Å². The van der Waals surface area contributed by atoms with Gasteiger partial charge in [-0.15, -0.1) is 0 Å². The summed E-state index contributed by atoms with van der Waals surface area (Å²) in [5, 5.41) is 2.52. The summed E-state index contributed by atoms with van der Waals surface area (Å²) in [5.41, 5.74) is -1.02. The van der Waals surface area contributed by atoms with Gasteiger partial charge in [-0.2, -0.15) is 5.09 Å². The molecule has 35 heavy (non-hydrogen) atoms. The van der Waals surface area contributed by atoms with Gasteiger partial charge in [0.05, 0.1) is 12.7 Å². The maximum Gasteiger partial charge on any atom is 0.459 e. The van der Waals surface area contributed by atoms with Gasteiger partial charge in [0.1, 0.15) is 30.3 Å². The zero-order chi connectivity index (χ0) is 25.8. The van der Waals surface area contributed by atoms with Crippen LogP contribution in [-0.2, 0) is 23.4 Å². The molecule has 1 fully saturated rings. The van der Waals surface area contributed by atoms with Crippen LogP contribution in [0.5, 0.6) is 5.75 Å². The van der Waals surface area contributed by atoms with Gasteiger partial charge in [-0.05, 0) is 39.8 Å². The molecule has 0 bridgehead atoms. The van der Waals surface area contributed by atoms with Crippen LogP contribution in [0.25, 0.3) is 0 Å². The number of nitrogens with zero attached hydrogens (tertiary/aromatic N) is 1. The molecule has 1 aromatic heterocycles. The number of rotatable bonds is 10. The van der Waals surface area contributed by atoms with Crippen molar-refractivity contribution in [2.45, 2.75) is 64.8 Å². The summed E-state index contributed by atoms with van der Waals surface area (Å²) >= 11 is 0. The van der Waals surface area contributed by atoms with Gasteiger partial charge in [0.2, 0.25) is 0 Å². The number of ether oxygens (including phenoxy) is 2. The molecule has 1 saturated heterocycles. The second-order valence-electron chi connectivity index (χ2n) is 8.39. The summed E-state index contributed by atoms with van der Waals surface area (Å²) in [6.07, 6.45) is -3.04. The molecule has 0 aliphatic carbocycles. The Balaban J connectivity index is 1.73. The van der Waals surface area contributed by atoms with Crippen LogP contribution in [-0.4, -0.2) is 46.5 Å². The predicted molar refractivity (Wildman–Crippen MR) is 124 cm³/mol. The highest BCUT2D eigenvalue weighted by molar-refractivity contribution is 7.52. The lowest BCUT2D eigenvalue weighted by Gasteiger charge is -2.24. The minimum atomic E-state index is -4.20. The molecule has 2 N–H and O–H groups in total. The fraction of sp³-hybridized carbons (Fsp3) is 0.500. The normalized spacial score (nSPS) is 22.5. The molecule has 0 saturated carbocycles. The number of benzene rings is 1. The van der Waals surface area contributed by atoms with E-state index in [2.05, 4.69) is 10.1 Å². The number of halogens is 1. The number of para-hydroxylation sites is 1. The third-order valence-corrected chi connectivity index (χ3v) is 6.70. The number of aromatic amines is 1. The average Bonchev–Trinajstić information content (AvgIpc) is 3.15. The molecule has 11 nitrogen and oxygen atoms in total. The largest absolute Gasteiger partial charge is 0.462 e. The molecule has 2 aromatic rings. The van der Waals surface area contributed by atoms with E-state index in [0.29, 0.717) is 0 Å². The zero-order valence-corrected chi connectivity index (χ0v) is 20.7. The van der Waals surface area contributed by atoms with E-state index in [-0.39, 0.29) is 17.7 Å². The lowest BCUT2D eigenvalue weighted by atomic mass is 10.2. The fourth-order valence-corrected chi connectivity index (χ4v) is 4.82. The van der Waals surface area contributed by atoms with E-state index in [4.69, 9.17) is 18.5 Å². The van der Waals surface area contributed by atoms with Crippen LogP contribution >= 0.6 is 7.75 Å². The van der Waals surface area contributed by atoms with Gasteiger partial charge < -0.3 is 14.0 Å². The van der Waals surface area contributed by atoms with E-state index in [1.54, 1.807) is 44.2 Å². The van der Waals surface area contributed by atoms with Crippen LogP contribution in [0.4, 0.5) is 4.39 Å². The molecular formula is C22H29FN3O8P.